The van der Waals surface area contributed by atoms with E-state index in [9.17, 15) is 4.79 Å². The quantitative estimate of drug-likeness (QED) is 0.770. The van der Waals surface area contributed by atoms with Gasteiger partial charge in [-0.1, -0.05) is 18.2 Å². The molecule has 21 heavy (non-hydrogen) atoms. The Bertz CT molecular complexity index is 726. The second-order valence-corrected chi connectivity index (χ2v) is 4.32. The lowest BCUT2D eigenvalue weighted by Crippen LogP contribution is -2.24. The van der Waals surface area contributed by atoms with E-state index in [2.05, 4.69) is 25.8 Å². The fourth-order valence-electron chi connectivity index (χ4n) is 1.92. The van der Waals surface area contributed by atoms with Gasteiger partial charge in [0.1, 0.15) is 6.33 Å². The number of hydrogen-bond acceptors (Lipinski definition) is 5. The van der Waals surface area contributed by atoms with Crippen LogP contribution < -0.4 is 5.32 Å². The summed E-state index contributed by atoms with van der Waals surface area (Å²) in [5.41, 5.74) is 2.07. The maximum absolute atomic E-state index is 12.3. The second-order valence-electron chi connectivity index (χ2n) is 4.32. The highest BCUT2D eigenvalue weighted by molar-refractivity contribution is 5.97. The lowest BCUT2D eigenvalue weighted by molar-refractivity contribution is 0.0950. The molecule has 1 aromatic carbocycles. The van der Waals surface area contributed by atoms with Crippen molar-refractivity contribution in [2.45, 2.75) is 6.54 Å². The third kappa shape index (κ3) is 2.92. The Kier molecular flexibility index (Phi) is 3.64. The second kappa shape index (κ2) is 5.91. The number of tetrazole rings is 1. The predicted octanol–water partition coefficient (Wildman–Crippen LogP) is 0.987. The van der Waals surface area contributed by atoms with Crippen LogP contribution in [0.15, 0.2) is 55.1 Å². The molecule has 0 aliphatic heterocycles. The summed E-state index contributed by atoms with van der Waals surface area (Å²) in [7, 11) is 0. The number of nitrogens with zero attached hydrogens (tertiary/aromatic N) is 5. The normalized spacial score (nSPS) is 10.3. The van der Waals surface area contributed by atoms with Crippen molar-refractivity contribution in [3.8, 4) is 5.69 Å². The molecule has 0 saturated carbocycles. The van der Waals surface area contributed by atoms with Crippen molar-refractivity contribution in [3.05, 3.63) is 66.2 Å². The van der Waals surface area contributed by atoms with Crippen LogP contribution in [0.1, 0.15) is 15.9 Å². The largest absolute Gasteiger partial charge is 0.348 e. The molecular formula is C14H12N6O. The van der Waals surface area contributed by atoms with Gasteiger partial charge in [-0.05, 0) is 34.2 Å². The van der Waals surface area contributed by atoms with Crippen molar-refractivity contribution < 1.29 is 4.79 Å². The van der Waals surface area contributed by atoms with Crippen LogP contribution in [0.5, 0.6) is 0 Å². The van der Waals surface area contributed by atoms with Crippen LogP contribution >= 0.6 is 0 Å². The van der Waals surface area contributed by atoms with E-state index in [4.69, 9.17) is 0 Å². The highest BCUT2D eigenvalue weighted by Crippen LogP contribution is 2.12. The van der Waals surface area contributed by atoms with Crippen molar-refractivity contribution in [1.29, 1.82) is 0 Å². The molecule has 0 atom stereocenters. The zero-order valence-electron chi connectivity index (χ0n) is 11.0. The summed E-state index contributed by atoms with van der Waals surface area (Å²) in [6.07, 6.45) is 4.86. The number of hydrogen-bond donors (Lipinski definition) is 1. The number of aromatic nitrogens is 5. The van der Waals surface area contributed by atoms with Crippen molar-refractivity contribution in [2.75, 3.05) is 0 Å². The van der Waals surface area contributed by atoms with Gasteiger partial charge in [0, 0.05) is 18.9 Å². The molecule has 1 N–H and O–H groups in total. The average Bonchev–Trinajstić information content (AvgIpc) is 3.08. The highest BCUT2D eigenvalue weighted by Gasteiger charge is 2.12. The van der Waals surface area contributed by atoms with Gasteiger partial charge >= 0.3 is 0 Å². The molecular weight excluding hydrogens is 268 g/mol. The fourth-order valence-corrected chi connectivity index (χ4v) is 1.92. The summed E-state index contributed by atoms with van der Waals surface area (Å²) >= 11 is 0. The van der Waals surface area contributed by atoms with E-state index in [1.165, 1.54) is 11.0 Å². The summed E-state index contributed by atoms with van der Waals surface area (Å²) in [4.78, 5) is 16.3. The third-order valence-electron chi connectivity index (χ3n) is 2.92. The average molecular weight is 280 g/mol. The summed E-state index contributed by atoms with van der Waals surface area (Å²) in [6.45, 7) is 0.413. The molecule has 0 bridgehead atoms. The molecule has 104 valence electrons. The molecule has 3 aromatic rings. The van der Waals surface area contributed by atoms with Crippen LogP contribution in [0.25, 0.3) is 5.69 Å². The fraction of sp³-hybridized carbons (Fsp3) is 0.0714. The van der Waals surface area contributed by atoms with Crippen LogP contribution in [-0.4, -0.2) is 31.1 Å². The monoisotopic (exact) mass is 280 g/mol. The minimum Gasteiger partial charge on any atom is -0.348 e. The molecule has 0 aliphatic rings. The Hall–Kier alpha value is -3.09. The molecule has 0 aliphatic carbocycles. The van der Waals surface area contributed by atoms with Crippen molar-refractivity contribution in [1.82, 2.24) is 30.5 Å². The number of rotatable bonds is 4. The Morgan fingerprint density at radius 3 is 2.86 bits per heavy atom. The Balaban J connectivity index is 1.79. The lowest BCUT2D eigenvalue weighted by Gasteiger charge is -2.09. The number of carbonyl (C=O) groups is 1. The van der Waals surface area contributed by atoms with E-state index < -0.39 is 0 Å². The Morgan fingerprint density at radius 1 is 1.19 bits per heavy atom. The van der Waals surface area contributed by atoms with Gasteiger partial charge in [0.25, 0.3) is 5.91 Å². The van der Waals surface area contributed by atoms with Gasteiger partial charge in [0.05, 0.1) is 11.3 Å². The van der Waals surface area contributed by atoms with Crippen molar-refractivity contribution >= 4 is 5.91 Å². The first kappa shape index (κ1) is 12.9. The molecule has 2 heterocycles. The van der Waals surface area contributed by atoms with E-state index in [0.717, 1.165) is 5.56 Å². The molecule has 2 aromatic heterocycles. The van der Waals surface area contributed by atoms with Gasteiger partial charge in [-0.3, -0.25) is 9.78 Å². The van der Waals surface area contributed by atoms with E-state index in [0.29, 0.717) is 17.8 Å². The van der Waals surface area contributed by atoms with Crippen LogP contribution in [0, 0.1) is 0 Å². The first-order valence-electron chi connectivity index (χ1n) is 6.34. The smallest absolute Gasteiger partial charge is 0.253 e. The van der Waals surface area contributed by atoms with Crippen LogP contribution in [0.4, 0.5) is 0 Å². The number of benzene rings is 1. The van der Waals surface area contributed by atoms with Gasteiger partial charge in [-0.15, -0.1) is 5.10 Å². The molecule has 7 heteroatoms. The van der Waals surface area contributed by atoms with Crippen molar-refractivity contribution in [2.24, 2.45) is 0 Å². The van der Waals surface area contributed by atoms with Crippen molar-refractivity contribution in [3.63, 3.8) is 0 Å². The van der Waals surface area contributed by atoms with E-state index in [1.54, 1.807) is 30.6 Å². The zero-order chi connectivity index (χ0) is 14.5. The molecule has 7 nitrogen and oxygen atoms in total. The number of para-hydroxylation sites is 1. The zero-order valence-corrected chi connectivity index (χ0v) is 11.0. The van der Waals surface area contributed by atoms with Gasteiger partial charge in [-0.25, -0.2) is 0 Å². The Labute approximate surface area is 120 Å². The van der Waals surface area contributed by atoms with Crippen LogP contribution in [0.3, 0.4) is 0 Å². The van der Waals surface area contributed by atoms with Gasteiger partial charge < -0.3 is 5.32 Å². The minimum atomic E-state index is -0.190. The molecule has 0 spiro atoms. The van der Waals surface area contributed by atoms with Gasteiger partial charge in [0.2, 0.25) is 0 Å². The van der Waals surface area contributed by atoms with E-state index >= 15 is 0 Å². The van der Waals surface area contributed by atoms with Crippen LogP contribution in [-0.2, 0) is 6.54 Å². The van der Waals surface area contributed by atoms with Gasteiger partial charge in [-0.2, -0.15) is 4.68 Å². The first-order valence-corrected chi connectivity index (χ1v) is 6.34. The molecule has 0 saturated heterocycles. The summed E-state index contributed by atoms with van der Waals surface area (Å²) in [5.74, 6) is -0.190. The molecule has 3 rings (SSSR count). The summed E-state index contributed by atoms with van der Waals surface area (Å²) < 4.78 is 1.46. The number of pyridine rings is 1. The molecule has 0 fully saturated rings. The third-order valence-corrected chi connectivity index (χ3v) is 2.92. The van der Waals surface area contributed by atoms with Gasteiger partial charge in [0.15, 0.2) is 0 Å². The minimum absolute atomic E-state index is 0.190. The predicted molar refractivity (Wildman–Crippen MR) is 74.6 cm³/mol. The number of carbonyl (C=O) groups excluding carboxylic acids is 1. The maximum Gasteiger partial charge on any atom is 0.253 e. The van der Waals surface area contributed by atoms with E-state index in [-0.39, 0.29) is 5.91 Å². The topological polar surface area (TPSA) is 85.6 Å². The van der Waals surface area contributed by atoms with Crippen LogP contribution in [0.2, 0.25) is 0 Å². The summed E-state index contributed by atoms with van der Waals surface area (Å²) in [6, 6.07) is 10.9. The highest BCUT2D eigenvalue weighted by atomic mass is 16.1. The number of nitrogens with one attached hydrogen (secondary N) is 1. The standard InChI is InChI=1S/C14H12N6O/c21-14(16-9-11-4-3-7-15-8-11)12-5-1-2-6-13(12)20-10-17-18-19-20/h1-8,10H,9H2,(H,16,21). The maximum atomic E-state index is 12.3. The Morgan fingerprint density at radius 2 is 2.10 bits per heavy atom. The molecule has 0 unspecified atom stereocenters. The first-order chi connectivity index (χ1) is 10.3. The SMILES string of the molecule is O=C(NCc1cccnc1)c1ccccc1-n1cnnn1. The molecule has 1 amide bonds. The lowest BCUT2D eigenvalue weighted by atomic mass is 10.1. The molecule has 0 radical (unpaired) electrons. The summed E-state index contributed by atoms with van der Waals surface area (Å²) in [5, 5.41) is 13.8. The van der Waals surface area contributed by atoms with E-state index in [1.807, 2.05) is 18.2 Å². The number of amides is 1.